The van der Waals surface area contributed by atoms with Crippen molar-refractivity contribution in [1.29, 1.82) is 0 Å². The molecule has 2 amide bonds. The molecule has 0 radical (unpaired) electrons. The summed E-state index contributed by atoms with van der Waals surface area (Å²) >= 11 is 1.77. The summed E-state index contributed by atoms with van der Waals surface area (Å²) in [5.41, 5.74) is 0. The van der Waals surface area contributed by atoms with Crippen LogP contribution in [0.1, 0.15) is 19.8 Å². The molecule has 0 spiro atoms. The van der Waals surface area contributed by atoms with Crippen LogP contribution in [0.5, 0.6) is 0 Å². The molecule has 0 bridgehead atoms. The van der Waals surface area contributed by atoms with E-state index in [4.69, 9.17) is 0 Å². The van der Waals surface area contributed by atoms with Crippen molar-refractivity contribution in [2.75, 3.05) is 46.0 Å². The Labute approximate surface area is 195 Å². The highest BCUT2D eigenvalue weighted by Gasteiger charge is 2.25. The lowest BCUT2D eigenvalue weighted by Crippen LogP contribution is -2.46. The first-order valence-corrected chi connectivity index (χ1v) is 10.7. The molecular weight excluding hydrogens is 501 g/mol. The van der Waals surface area contributed by atoms with Crippen molar-refractivity contribution in [3.63, 3.8) is 0 Å². The SMILES string of the molecule is CCC(=O)N1CCC(NC(=NCC(=O)N(C)C)NCCSc2ccccc2)C1.I. The number of likely N-dealkylation sites (tertiary alicyclic amines) is 1. The van der Waals surface area contributed by atoms with Crippen LogP contribution >= 0.6 is 35.7 Å². The van der Waals surface area contributed by atoms with Crippen LogP contribution in [0.15, 0.2) is 40.2 Å². The molecule has 0 aromatic heterocycles. The Hall–Kier alpha value is -1.49. The van der Waals surface area contributed by atoms with Crippen LogP contribution in [0.25, 0.3) is 0 Å². The molecule has 0 saturated carbocycles. The Kier molecular flexibility index (Phi) is 12.1. The van der Waals surface area contributed by atoms with Gasteiger partial charge in [0, 0.05) is 56.8 Å². The normalized spacial score (nSPS) is 16.2. The summed E-state index contributed by atoms with van der Waals surface area (Å²) in [6.07, 6.45) is 1.41. The third kappa shape index (κ3) is 9.24. The third-order valence-corrected chi connectivity index (χ3v) is 5.48. The number of nitrogens with one attached hydrogen (secondary N) is 2. The van der Waals surface area contributed by atoms with E-state index in [9.17, 15) is 9.59 Å². The fraction of sp³-hybridized carbons (Fsp3) is 0.550. The second-order valence-electron chi connectivity index (χ2n) is 6.86. The summed E-state index contributed by atoms with van der Waals surface area (Å²) in [6.45, 7) is 4.14. The first kappa shape index (κ1) is 25.5. The Morgan fingerprint density at radius 3 is 2.66 bits per heavy atom. The minimum absolute atomic E-state index is 0. The number of hydrogen-bond donors (Lipinski definition) is 2. The molecule has 0 aliphatic carbocycles. The lowest BCUT2D eigenvalue weighted by Gasteiger charge is -2.19. The van der Waals surface area contributed by atoms with Crippen LogP contribution in [-0.2, 0) is 9.59 Å². The minimum atomic E-state index is -0.0473. The van der Waals surface area contributed by atoms with Gasteiger partial charge >= 0.3 is 0 Å². The van der Waals surface area contributed by atoms with Gasteiger partial charge in [0.25, 0.3) is 0 Å². The van der Waals surface area contributed by atoms with Gasteiger partial charge in [-0.2, -0.15) is 0 Å². The van der Waals surface area contributed by atoms with Crippen molar-refractivity contribution < 1.29 is 9.59 Å². The van der Waals surface area contributed by atoms with Crippen LogP contribution in [0.2, 0.25) is 0 Å². The van der Waals surface area contributed by atoms with E-state index >= 15 is 0 Å². The van der Waals surface area contributed by atoms with Crippen molar-refractivity contribution in [2.45, 2.75) is 30.7 Å². The van der Waals surface area contributed by atoms with Crippen molar-refractivity contribution in [3.05, 3.63) is 30.3 Å². The molecule has 1 aliphatic rings. The van der Waals surface area contributed by atoms with Gasteiger partial charge in [0.05, 0.1) is 0 Å². The van der Waals surface area contributed by atoms with Gasteiger partial charge in [-0.3, -0.25) is 9.59 Å². The average molecular weight is 533 g/mol. The number of nitrogens with zero attached hydrogens (tertiary/aromatic N) is 3. The maximum Gasteiger partial charge on any atom is 0.243 e. The number of amides is 2. The third-order valence-electron chi connectivity index (χ3n) is 4.46. The van der Waals surface area contributed by atoms with E-state index in [-0.39, 0.29) is 48.4 Å². The Morgan fingerprint density at radius 1 is 1.28 bits per heavy atom. The van der Waals surface area contributed by atoms with Crippen LogP contribution in [0.4, 0.5) is 0 Å². The number of carbonyl (C=O) groups is 2. The van der Waals surface area contributed by atoms with Crippen LogP contribution in [-0.4, -0.2) is 79.6 Å². The number of hydrogen-bond acceptors (Lipinski definition) is 4. The van der Waals surface area contributed by atoms with Gasteiger partial charge in [0.1, 0.15) is 6.54 Å². The molecule has 29 heavy (non-hydrogen) atoms. The summed E-state index contributed by atoms with van der Waals surface area (Å²) in [5.74, 6) is 1.64. The summed E-state index contributed by atoms with van der Waals surface area (Å²) < 4.78 is 0. The Morgan fingerprint density at radius 2 is 2.00 bits per heavy atom. The van der Waals surface area contributed by atoms with Crippen LogP contribution < -0.4 is 10.6 Å². The lowest BCUT2D eigenvalue weighted by molar-refractivity contribution is -0.130. The smallest absolute Gasteiger partial charge is 0.243 e. The quantitative estimate of drug-likeness (QED) is 0.176. The van der Waals surface area contributed by atoms with Gasteiger partial charge in [0.15, 0.2) is 5.96 Å². The van der Waals surface area contributed by atoms with Gasteiger partial charge in [-0.25, -0.2) is 4.99 Å². The number of thioether (sulfide) groups is 1. The second-order valence-corrected chi connectivity index (χ2v) is 8.03. The van der Waals surface area contributed by atoms with Crippen LogP contribution in [0, 0.1) is 0 Å². The number of benzene rings is 1. The maximum absolute atomic E-state index is 11.9. The molecule has 1 aliphatic heterocycles. The molecule has 162 valence electrons. The van der Waals surface area contributed by atoms with Gasteiger partial charge in [-0.1, -0.05) is 25.1 Å². The van der Waals surface area contributed by atoms with Crippen molar-refractivity contribution >= 4 is 53.5 Å². The highest BCUT2D eigenvalue weighted by Crippen LogP contribution is 2.15. The predicted molar refractivity (Wildman–Crippen MR) is 130 cm³/mol. The first-order valence-electron chi connectivity index (χ1n) is 9.70. The number of rotatable bonds is 8. The molecular formula is C20H32IN5O2S. The summed E-state index contributed by atoms with van der Waals surface area (Å²) in [4.78, 5) is 32.8. The lowest BCUT2D eigenvalue weighted by atomic mass is 10.3. The average Bonchev–Trinajstić information content (AvgIpc) is 3.17. The van der Waals surface area contributed by atoms with E-state index in [1.165, 1.54) is 9.80 Å². The zero-order valence-electron chi connectivity index (χ0n) is 17.4. The van der Waals surface area contributed by atoms with Crippen LogP contribution in [0.3, 0.4) is 0 Å². The largest absolute Gasteiger partial charge is 0.356 e. The number of carbonyl (C=O) groups excluding carboxylic acids is 2. The van der Waals surface area contributed by atoms with Crippen molar-refractivity contribution in [2.24, 2.45) is 4.99 Å². The van der Waals surface area contributed by atoms with E-state index in [1.807, 2.05) is 30.0 Å². The predicted octanol–water partition coefficient (Wildman–Crippen LogP) is 2.03. The van der Waals surface area contributed by atoms with Gasteiger partial charge in [-0.05, 0) is 18.6 Å². The second kappa shape index (κ2) is 13.7. The molecule has 1 atom stereocenters. The Bertz CT molecular complexity index is 672. The first-order chi connectivity index (χ1) is 13.5. The molecule has 1 aromatic rings. The zero-order chi connectivity index (χ0) is 20.4. The fourth-order valence-corrected chi connectivity index (χ4v) is 3.61. The van der Waals surface area contributed by atoms with E-state index in [0.29, 0.717) is 18.9 Å². The molecule has 1 unspecified atom stereocenters. The Balaban J connectivity index is 0.00000420. The van der Waals surface area contributed by atoms with E-state index < -0.39 is 0 Å². The number of guanidine groups is 1. The molecule has 7 nitrogen and oxygen atoms in total. The molecule has 2 N–H and O–H groups in total. The van der Waals surface area contributed by atoms with Crippen molar-refractivity contribution in [3.8, 4) is 0 Å². The fourth-order valence-electron chi connectivity index (χ4n) is 2.82. The molecule has 1 saturated heterocycles. The van der Waals surface area contributed by atoms with E-state index in [2.05, 4.69) is 27.8 Å². The molecule has 1 fully saturated rings. The van der Waals surface area contributed by atoms with Gasteiger partial charge in [0.2, 0.25) is 11.8 Å². The van der Waals surface area contributed by atoms with Gasteiger partial charge in [-0.15, -0.1) is 35.7 Å². The van der Waals surface area contributed by atoms with Gasteiger partial charge < -0.3 is 20.4 Å². The summed E-state index contributed by atoms with van der Waals surface area (Å²) in [5, 5.41) is 6.70. The molecule has 2 rings (SSSR count). The highest BCUT2D eigenvalue weighted by molar-refractivity contribution is 14.0. The highest BCUT2D eigenvalue weighted by atomic mass is 127. The van der Waals surface area contributed by atoms with E-state index in [0.717, 1.165) is 25.3 Å². The standard InChI is InChI=1S/C20H31N5O2S.HI/c1-4-18(26)25-12-10-16(15-25)23-20(22-14-19(27)24(2)3)21-11-13-28-17-8-6-5-7-9-17;/h5-9,16H,4,10-15H2,1-3H3,(H2,21,22,23);1H. The van der Waals surface area contributed by atoms with E-state index in [1.54, 1.807) is 25.9 Å². The molecule has 9 heteroatoms. The number of halogens is 1. The topological polar surface area (TPSA) is 77.0 Å². The summed E-state index contributed by atoms with van der Waals surface area (Å²) in [6, 6.07) is 10.4. The monoisotopic (exact) mass is 533 g/mol. The minimum Gasteiger partial charge on any atom is -0.356 e. The zero-order valence-corrected chi connectivity index (χ0v) is 20.5. The maximum atomic E-state index is 11.9. The number of aliphatic imine (C=N–C) groups is 1. The molecule has 1 aromatic carbocycles. The summed E-state index contributed by atoms with van der Waals surface area (Å²) in [7, 11) is 3.44. The molecule has 1 heterocycles. The number of likely N-dealkylation sites (N-methyl/N-ethyl adjacent to an activating group) is 1. The van der Waals surface area contributed by atoms with Crippen molar-refractivity contribution in [1.82, 2.24) is 20.4 Å².